The van der Waals surface area contributed by atoms with Crippen LogP contribution in [0, 0.1) is 11.3 Å². The van der Waals surface area contributed by atoms with Crippen LogP contribution < -0.4 is 4.90 Å². The SMILES string of the molecule is CC1CC2(CCN(Cc3cc4c(-c5ccc(N6CCN(C)CC6)cc5)nccc4[nH]3)CC2)C1. The highest BCUT2D eigenvalue weighted by molar-refractivity contribution is 5.93. The zero-order valence-corrected chi connectivity index (χ0v) is 20.2. The number of hydrogen-bond donors (Lipinski definition) is 1. The molecule has 1 N–H and O–H groups in total. The quantitative estimate of drug-likeness (QED) is 0.616. The second-order valence-corrected chi connectivity index (χ2v) is 11.0. The molecule has 5 nitrogen and oxygen atoms in total. The number of nitrogens with zero attached hydrogens (tertiary/aromatic N) is 4. The molecule has 0 unspecified atom stereocenters. The summed E-state index contributed by atoms with van der Waals surface area (Å²) in [5.41, 5.74) is 6.79. The van der Waals surface area contributed by atoms with E-state index in [1.807, 2.05) is 6.20 Å². The first-order valence-corrected chi connectivity index (χ1v) is 12.8. The Balaban J connectivity index is 1.17. The van der Waals surface area contributed by atoms with Crippen molar-refractivity contribution in [2.75, 3.05) is 51.2 Å². The van der Waals surface area contributed by atoms with Crippen LogP contribution in [-0.4, -0.2) is 66.1 Å². The summed E-state index contributed by atoms with van der Waals surface area (Å²) in [4.78, 5) is 16.0. The molecule has 3 aliphatic rings. The van der Waals surface area contributed by atoms with Gasteiger partial charge in [0.2, 0.25) is 0 Å². The Morgan fingerprint density at radius 1 is 0.970 bits per heavy atom. The van der Waals surface area contributed by atoms with Crippen LogP contribution >= 0.6 is 0 Å². The lowest BCUT2D eigenvalue weighted by atomic mass is 9.58. The molecule has 0 bridgehead atoms. The summed E-state index contributed by atoms with van der Waals surface area (Å²) < 4.78 is 0. The van der Waals surface area contributed by atoms with E-state index >= 15 is 0 Å². The third-order valence-electron chi connectivity index (χ3n) is 8.49. The van der Waals surface area contributed by atoms with Crippen molar-refractivity contribution in [1.82, 2.24) is 19.8 Å². The van der Waals surface area contributed by atoms with Gasteiger partial charge in [-0.1, -0.05) is 19.1 Å². The number of piperazine rings is 1. The fraction of sp³-hybridized carbons (Fsp3) is 0.536. The number of hydrogen-bond acceptors (Lipinski definition) is 4. The van der Waals surface area contributed by atoms with Crippen LogP contribution in [-0.2, 0) is 6.54 Å². The van der Waals surface area contributed by atoms with Crippen LogP contribution in [0.4, 0.5) is 5.69 Å². The average Bonchev–Trinajstić information content (AvgIpc) is 3.23. The highest BCUT2D eigenvalue weighted by Crippen LogP contribution is 2.52. The highest BCUT2D eigenvalue weighted by atomic mass is 15.2. The minimum absolute atomic E-state index is 0.684. The molecule has 3 aromatic rings. The van der Waals surface area contributed by atoms with Crippen molar-refractivity contribution in [2.24, 2.45) is 11.3 Å². The van der Waals surface area contributed by atoms with Gasteiger partial charge in [-0.2, -0.15) is 0 Å². The number of fused-ring (bicyclic) bond motifs is 1. The van der Waals surface area contributed by atoms with Gasteiger partial charge in [0.1, 0.15) is 0 Å². The molecule has 3 fully saturated rings. The predicted molar refractivity (Wildman–Crippen MR) is 137 cm³/mol. The number of pyridine rings is 1. The van der Waals surface area contributed by atoms with Gasteiger partial charge in [-0.25, -0.2) is 0 Å². The molecular weight excluding hydrogens is 406 g/mol. The lowest BCUT2D eigenvalue weighted by molar-refractivity contribution is -0.00818. The van der Waals surface area contributed by atoms with E-state index in [-0.39, 0.29) is 0 Å². The number of likely N-dealkylation sites (tertiary alicyclic amines) is 1. The van der Waals surface area contributed by atoms with Crippen molar-refractivity contribution in [2.45, 2.75) is 39.2 Å². The van der Waals surface area contributed by atoms with Gasteiger partial charge >= 0.3 is 0 Å². The maximum absolute atomic E-state index is 4.78. The van der Waals surface area contributed by atoms with E-state index in [4.69, 9.17) is 4.98 Å². The third-order valence-corrected chi connectivity index (χ3v) is 8.49. The number of nitrogens with one attached hydrogen (secondary N) is 1. The average molecular weight is 444 g/mol. The van der Waals surface area contributed by atoms with Crippen LogP contribution in [0.3, 0.4) is 0 Å². The van der Waals surface area contributed by atoms with Crippen LogP contribution in [0.15, 0.2) is 42.6 Å². The molecular formula is C28H37N5. The molecule has 2 aliphatic heterocycles. The number of rotatable bonds is 4. The van der Waals surface area contributed by atoms with E-state index in [1.54, 1.807) is 0 Å². The van der Waals surface area contributed by atoms with E-state index in [2.05, 4.69) is 70.1 Å². The van der Waals surface area contributed by atoms with E-state index in [0.717, 1.165) is 44.3 Å². The van der Waals surface area contributed by atoms with E-state index in [0.29, 0.717) is 5.41 Å². The van der Waals surface area contributed by atoms with Gasteiger partial charge in [0.05, 0.1) is 5.69 Å². The first-order chi connectivity index (χ1) is 16.1. The summed E-state index contributed by atoms with van der Waals surface area (Å²) in [7, 11) is 2.20. The van der Waals surface area contributed by atoms with Crippen molar-refractivity contribution < 1.29 is 0 Å². The Morgan fingerprint density at radius 2 is 1.70 bits per heavy atom. The summed E-state index contributed by atoms with van der Waals surface area (Å²) >= 11 is 0. The Kier molecular flexibility index (Phi) is 5.42. The highest BCUT2D eigenvalue weighted by Gasteiger charge is 2.43. The molecule has 1 aliphatic carbocycles. The summed E-state index contributed by atoms with van der Waals surface area (Å²) in [6, 6.07) is 13.5. The van der Waals surface area contributed by atoms with Crippen molar-refractivity contribution in [1.29, 1.82) is 0 Å². The predicted octanol–water partition coefficient (Wildman–Crippen LogP) is 4.99. The van der Waals surface area contributed by atoms with Crippen molar-refractivity contribution in [3.05, 3.63) is 48.3 Å². The second kappa shape index (κ2) is 8.44. The molecule has 6 rings (SSSR count). The van der Waals surface area contributed by atoms with Gasteiger partial charge in [-0.3, -0.25) is 9.88 Å². The Hall–Kier alpha value is -2.37. The molecule has 2 aromatic heterocycles. The molecule has 1 aromatic carbocycles. The third kappa shape index (κ3) is 4.17. The maximum atomic E-state index is 4.78. The zero-order chi connectivity index (χ0) is 22.4. The molecule has 2 saturated heterocycles. The number of piperidine rings is 1. The van der Waals surface area contributed by atoms with Crippen molar-refractivity contribution in [3.8, 4) is 11.3 Å². The monoisotopic (exact) mass is 443 g/mol. The minimum atomic E-state index is 0.684. The number of aromatic nitrogens is 2. The van der Waals surface area contributed by atoms with E-state index < -0.39 is 0 Å². The van der Waals surface area contributed by atoms with Crippen LogP contribution in [0.2, 0.25) is 0 Å². The largest absolute Gasteiger partial charge is 0.369 e. The van der Waals surface area contributed by atoms with Gasteiger partial charge in [-0.05, 0) is 81.4 Å². The first-order valence-electron chi connectivity index (χ1n) is 12.8. The van der Waals surface area contributed by atoms with Gasteiger partial charge in [0.25, 0.3) is 0 Å². The molecule has 33 heavy (non-hydrogen) atoms. The van der Waals surface area contributed by atoms with Gasteiger partial charge < -0.3 is 14.8 Å². The number of H-pyrrole nitrogens is 1. The van der Waals surface area contributed by atoms with E-state index in [9.17, 15) is 0 Å². The summed E-state index contributed by atoms with van der Waals surface area (Å²) in [5.74, 6) is 0.951. The molecule has 5 heteroatoms. The molecule has 0 radical (unpaired) electrons. The fourth-order valence-corrected chi connectivity index (χ4v) is 6.57. The molecule has 0 atom stereocenters. The standard InChI is InChI=1S/C28H37N5/c1-21-18-28(19-21)8-11-32(12-9-28)20-23-17-25-26(30-23)7-10-29-27(25)22-3-5-24(6-4-22)33-15-13-31(2)14-16-33/h3-7,10,17,21,30H,8-9,11-16,18-20H2,1-2H3. The minimum Gasteiger partial charge on any atom is -0.369 e. The summed E-state index contributed by atoms with van der Waals surface area (Å²) in [5, 5.41) is 1.24. The van der Waals surface area contributed by atoms with Crippen LogP contribution in [0.25, 0.3) is 22.2 Å². The lowest BCUT2D eigenvalue weighted by Crippen LogP contribution is -2.46. The molecule has 0 amide bonds. The van der Waals surface area contributed by atoms with Gasteiger partial charge in [0, 0.05) is 66.8 Å². The second-order valence-electron chi connectivity index (χ2n) is 11.0. The lowest BCUT2D eigenvalue weighted by Gasteiger charge is -2.51. The molecule has 174 valence electrons. The number of likely N-dealkylation sites (N-methyl/N-ethyl adjacent to an activating group) is 1. The first kappa shape index (κ1) is 21.2. The summed E-state index contributed by atoms with van der Waals surface area (Å²) in [6.07, 6.45) is 7.61. The van der Waals surface area contributed by atoms with Crippen LogP contribution in [0.5, 0.6) is 0 Å². The van der Waals surface area contributed by atoms with Gasteiger partial charge in [0.15, 0.2) is 0 Å². The topological polar surface area (TPSA) is 38.4 Å². The van der Waals surface area contributed by atoms with Gasteiger partial charge in [-0.15, -0.1) is 0 Å². The molecule has 4 heterocycles. The maximum Gasteiger partial charge on any atom is 0.0795 e. The molecule has 1 saturated carbocycles. The number of benzene rings is 1. The normalized spacial score (nSPS) is 22.2. The Labute approximate surface area is 197 Å². The smallest absolute Gasteiger partial charge is 0.0795 e. The van der Waals surface area contributed by atoms with Crippen molar-refractivity contribution >= 4 is 16.6 Å². The Morgan fingerprint density at radius 3 is 2.39 bits per heavy atom. The fourth-order valence-electron chi connectivity index (χ4n) is 6.57. The Bertz CT molecular complexity index is 1090. The van der Waals surface area contributed by atoms with Crippen molar-refractivity contribution in [3.63, 3.8) is 0 Å². The van der Waals surface area contributed by atoms with Crippen LogP contribution in [0.1, 0.15) is 38.3 Å². The zero-order valence-electron chi connectivity index (χ0n) is 20.2. The van der Waals surface area contributed by atoms with E-state index in [1.165, 1.54) is 66.6 Å². The molecule has 1 spiro atoms. The number of aromatic amines is 1. The summed E-state index contributed by atoms with van der Waals surface area (Å²) in [6.45, 7) is 10.4. The number of anilines is 1.